The molecule has 146 valence electrons. The number of benzene rings is 2. The van der Waals surface area contributed by atoms with Crippen molar-refractivity contribution in [1.82, 2.24) is 4.90 Å². The lowest BCUT2D eigenvalue weighted by Gasteiger charge is -2.24. The van der Waals surface area contributed by atoms with Crippen molar-refractivity contribution in [1.29, 1.82) is 0 Å². The van der Waals surface area contributed by atoms with Gasteiger partial charge in [0.05, 0.1) is 24.0 Å². The number of halogens is 1. The molecule has 2 aromatic rings. The average molecular weight is 419 g/mol. The van der Waals surface area contributed by atoms with Gasteiger partial charge in [0.25, 0.3) is 5.91 Å². The fraction of sp³-hybridized carbons (Fsp3) is 0.300. The van der Waals surface area contributed by atoms with Crippen LogP contribution in [0.2, 0.25) is 0 Å². The van der Waals surface area contributed by atoms with Gasteiger partial charge in [-0.2, -0.15) is 4.99 Å². The number of amides is 1. The predicted molar refractivity (Wildman–Crippen MR) is 108 cm³/mol. The second kappa shape index (κ2) is 7.67. The Labute approximate surface area is 167 Å². The van der Waals surface area contributed by atoms with Gasteiger partial charge in [-0.3, -0.25) is 4.79 Å². The van der Waals surface area contributed by atoms with Crippen molar-refractivity contribution in [3.8, 4) is 0 Å². The van der Waals surface area contributed by atoms with Gasteiger partial charge in [-0.25, -0.2) is 12.8 Å². The van der Waals surface area contributed by atoms with Crippen LogP contribution in [-0.4, -0.2) is 47.2 Å². The Bertz CT molecular complexity index is 1010. The van der Waals surface area contributed by atoms with Crippen LogP contribution < -0.4 is 0 Å². The molecule has 2 heterocycles. The fourth-order valence-corrected chi connectivity index (χ4v) is 7.49. The number of hydrogen-bond donors (Lipinski definition) is 0. The van der Waals surface area contributed by atoms with Crippen molar-refractivity contribution in [2.75, 3.05) is 11.5 Å². The number of carbonyl (C=O) groups excluding carboxylic acids is 1. The zero-order chi connectivity index (χ0) is 19.7. The van der Waals surface area contributed by atoms with Gasteiger partial charge >= 0.3 is 0 Å². The standard InChI is InChI=1S/C20H19FN2O3S2/c21-16-8-6-14(7-9-16)10-19(24)22-20-23(11-15-4-2-1-3-5-15)17-12-28(25,26)13-18(17)27-20/h1-9,17-18H,10-13H2/t17-,18+/m1/s1. The van der Waals surface area contributed by atoms with E-state index in [2.05, 4.69) is 4.99 Å². The largest absolute Gasteiger partial charge is 0.342 e. The summed E-state index contributed by atoms with van der Waals surface area (Å²) in [4.78, 5) is 18.7. The molecule has 2 aliphatic rings. The maximum atomic E-state index is 13.0. The number of fused-ring (bicyclic) bond motifs is 1. The molecule has 0 saturated carbocycles. The lowest BCUT2D eigenvalue weighted by molar-refractivity contribution is -0.117. The number of carbonyl (C=O) groups is 1. The number of sulfone groups is 1. The molecule has 1 amide bonds. The SMILES string of the molecule is O=C(Cc1ccc(F)cc1)N=C1S[C@H]2CS(=O)(=O)C[C@H]2N1Cc1ccccc1. The molecule has 2 atom stereocenters. The van der Waals surface area contributed by atoms with Gasteiger partial charge in [-0.1, -0.05) is 54.2 Å². The first-order valence-corrected chi connectivity index (χ1v) is 11.6. The molecule has 5 nitrogen and oxygen atoms in total. The van der Waals surface area contributed by atoms with Crippen LogP contribution >= 0.6 is 11.8 Å². The van der Waals surface area contributed by atoms with E-state index >= 15 is 0 Å². The Balaban J connectivity index is 1.56. The van der Waals surface area contributed by atoms with Crippen LogP contribution in [0.4, 0.5) is 4.39 Å². The minimum Gasteiger partial charge on any atom is -0.342 e. The molecule has 28 heavy (non-hydrogen) atoms. The molecule has 0 bridgehead atoms. The van der Waals surface area contributed by atoms with Crippen LogP contribution in [0.1, 0.15) is 11.1 Å². The molecule has 0 radical (unpaired) electrons. The van der Waals surface area contributed by atoms with Crippen LogP contribution in [0, 0.1) is 5.82 Å². The van der Waals surface area contributed by atoms with E-state index in [0.717, 1.165) is 5.56 Å². The molecular formula is C20H19FN2O3S2. The number of amidine groups is 1. The lowest BCUT2D eigenvalue weighted by Crippen LogP contribution is -2.37. The molecule has 2 saturated heterocycles. The monoisotopic (exact) mass is 418 g/mol. The predicted octanol–water partition coefficient (Wildman–Crippen LogP) is 2.67. The van der Waals surface area contributed by atoms with Crippen molar-refractivity contribution < 1.29 is 17.6 Å². The molecular weight excluding hydrogens is 399 g/mol. The molecule has 2 fully saturated rings. The topological polar surface area (TPSA) is 66.8 Å². The highest BCUT2D eigenvalue weighted by Crippen LogP contribution is 2.39. The third kappa shape index (κ3) is 4.28. The summed E-state index contributed by atoms with van der Waals surface area (Å²) in [5.41, 5.74) is 1.72. The van der Waals surface area contributed by atoms with E-state index in [4.69, 9.17) is 0 Å². The third-order valence-corrected chi connectivity index (χ3v) is 8.11. The van der Waals surface area contributed by atoms with E-state index in [1.54, 1.807) is 12.1 Å². The van der Waals surface area contributed by atoms with Gasteiger partial charge in [0.1, 0.15) is 5.82 Å². The van der Waals surface area contributed by atoms with Gasteiger partial charge in [-0.05, 0) is 23.3 Å². The summed E-state index contributed by atoms with van der Waals surface area (Å²) >= 11 is 1.37. The summed E-state index contributed by atoms with van der Waals surface area (Å²) in [5, 5.41) is 0.465. The van der Waals surface area contributed by atoms with E-state index < -0.39 is 9.84 Å². The number of hydrogen-bond acceptors (Lipinski definition) is 4. The highest BCUT2D eigenvalue weighted by atomic mass is 32.2. The summed E-state index contributed by atoms with van der Waals surface area (Å²) in [6, 6.07) is 15.3. The van der Waals surface area contributed by atoms with Crippen molar-refractivity contribution >= 4 is 32.7 Å². The third-order valence-electron chi connectivity index (χ3n) is 4.86. The zero-order valence-electron chi connectivity index (χ0n) is 15.0. The minimum absolute atomic E-state index is 0.0805. The lowest BCUT2D eigenvalue weighted by atomic mass is 10.1. The molecule has 0 N–H and O–H groups in total. The van der Waals surface area contributed by atoms with Crippen LogP contribution in [0.25, 0.3) is 0 Å². The minimum atomic E-state index is -3.07. The molecule has 0 aliphatic carbocycles. The maximum Gasteiger partial charge on any atom is 0.252 e. The van der Waals surface area contributed by atoms with Crippen LogP contribution in [0.3, 0.4) is 0 Å². The van der Waals surface area contributed by atoms with Crippen LogP contribution in [0.15, 0.2) is 59.6 Å². The molecule has 0 aromatic heterocycles. The number of nitrogens with zero attached hydrogens (tertiary/aromatic N) is 2. The Morgan fingerprint density at radius 3 is 2.50 bits per heavy atom. The van der Waals surface area contributed by atoms with E-state index in [9.17, 15) is 17.6 Å². The van der Waals surface area contributed by atoms with Crippen molar-refractivity contribution in [2.24, 2.45) is 4.99 Å². The Morgan fingerprint density at radius 1 is 1.07 bits per heavy atom. The first-order valence-electron chi connectivity index (χ1n) is 8.93. The van der Waals surface area contributed by atoms with Crippen molar-refractivity contribution in [3.05, 3.63) is 71.5 Å². The Hall–Kier alpha value is -2.19. The Morgan fingerprint density at radius 2 is 1.79 bits per heavy atom. The maximum absolute atomic E-state index is 13.0. The van der Waals surface area contributed by atoms with E-state index in [1.807, 2.05) is 35.2 Å². The molecule has 2 aromatic carbocycles. The van der Waals surface area contributed by atoms with Gasteiger partial charge in [-0.15, -0.1) is 0 Å². The van der Waals surface area contributed by atoms with E-state index in [0.29, 0.717) is 17.3 Å². The second-order valence-corrected chi connectivity index (χ2v) is 10.4. The first kappa shape index (κ1) is 19.1. The molecule has 4 rings (SSSR count). The van der Waals surface area contributed by atoms with E-state index in [-0.39, 0.29) is 40.9 Å². The number of rotatable bonds is 4. The van der Waals surface area contributed by atoms with Crippen molar-refractivity contribution in [3.63, 3.8) is 0 Å². The molecule has 8 heteroatoms. The van der Waals surface area contributed by atoms with Crippen LogP contribution in [-0.2, 0) is 27.6 Å². The second-order valence-electron chi connectivity index (χ2n) is 7.01. The van der Waals surface area contributed by atoms with E-state index in [1.165, 1.54) is 23.9 Å². The number of aliphatic imine (C=N–C) groups is 1. The quantitative estimate of drug-likeness (QED) is 0.764. The fourth-order valence-electron chi connectivity index (χ4n) is 3.52. The summed E-state index contributed by atoms with van der Waals surface area (Å²) in [5.74, 6) is -0.478. The average Bonchev–Trinajstić information content (AvgIpc) is 3.10. The van der Waals surface area contributed by atoms with Gasteiger partial charge in [0.15, 0.2) is 15.0 Å². The summed E-state index contributed by atoms with van der Waals surface area (Å²) in [6.45, 7) is 0.507. The van der Waals surface area contributed by atoms with Crippen molar-refractivity contribution in [2.45, 2.75) is 24.3 Å². The first-order chi connectivity index (χ1) is 13.4. The number of thioether (sulfide) groups is 1. The molecule has 0 unspecified atom stereocenters. The Kier molecular flexibility index (Phi) is 5.25. The molecule has 2 aliphatic heterocycles. The van der Waals surface area contributed by atoms with Gasteiger partial charge in [0.2, 0.25) is 0 Å². The zero-order valence-corrected chi connectivity index (χ0v) is 16.6. The van der Waals surface area contributed by atoms with Gasteiger partial charge in [0, 0.05) is 11.8 Å². The highest BCUT2D eigenvalue weighted by Gasteiger charge is 2.48. The van der Waals surface area contributed by atoms with Crippen LogP contribution in [0.5, 0.6) is 0 Å². The summed E-state index contributed by atoms with van der Waals surface area (Å²) in [7, 11) is -3.07. The summed E-state index contributed by atoms with van der Waals surface area (Å²) in [6.07, 6.45) is 0.0805. The normalized spacial score (nSPS) is 24.5. The highest BCUT2D eigenvalue weighted by molar-refractivity contribution is 8.15. The smallest absolute Gasteiger partial charge is 0.252 e. The summed E-state index contributed by atoms with van der Waals surface area (Å²) < 4.78 is 37.2. The van der Waals surface area contributed by atoms with Gasteiger partial charge < -0.3 is 4.90 Å². The molecule has 0 spiro atoms.